The first-order valence-electron chi connectivity index (χ1n) is 6.41. The van der Waals surface area contributed by atoms with Crippen molar-refractivity contribution >= 4 is 11.3 Å². The fraction of sp³-hybridized carbons (Fsp3) is 0.600. The van der Waals surface area contributed by atoms with Crippen LogP contribution in [0.15, 0.2) is 17.5 Å². The second-order valence-electron chi connectivity index (χ2n) is 5.45. The molecule has 1 aliphatic rings. The van der Waals surface area contributed by atoms with Crippen molar-refractivity contribution < 1.29 is 0 Å². The summed E-state index contributed by atoms with van der Waals surface area (Å²) in [7, 11) is 0. The van der Waals surface area contributed by atoms with E-state index >= 15 is 0 Å². The summed E-state index contributed by atoms with van der Waals surface area (Å²) < 4.78 is 0. The van der Waals surface area contributed by atoms with Crippen molar-refractivity contribution in [2.75, 3.05) is 0 Å². The molecule has 1 unspecified atom stereocenters. The Bertz CT molecular complexity index is 380. The smallest absolute Gasteiger partial charge is 0.0746 e. The summed E-state index contributed by atoms with van der Waals surface area (Å²) in [5, 5.41) is 5.82. The summed E-state index contributed by atoms with van der Waals surface area (Å²) >= 11 is 1.84. The number of thiophene rings is 1. The summed E-state index contributed by atoms with van der Waals surface area (Å²) in [6.45, 7) is 4.17. The van der Waals surface area contributed by atoms with Gasteiger partial charge >= 0.3 is 0 Å². The fourth-order valence-electron chi connectivity index (χ4n) is 2.61. The molecule has 0 aromatic carbocycles. The van der Waals surface area contributed by atoms with Gasteiger partial charge in [0.2, 0.25) is 0 Å². The third-order valence-corrected chi connectivity index (χ3v) is 4.55. The van der Waals surface area contributed by atoms with Gasteiger partial charge in [0.1, 0.15) is 0 Å². The highest BCUT2D eigenvalue weighted by molar-refractivity contribution is 7.10. The quantitative estimate of drug-likeness (QED) is 0.794. The molecule has 0 bridgehead atoms. The lowest BCUT2D eigenvalue weighted by atomic mass is 9.93. The Labute approximate surface area is 109 Å². The van der Waals surface area contributed by atoms with E-state index in [-0.39, 0.29) is 5.54 Å². The molecule has 0 spiro atoms. The molecule has 1 saturated carbocycles. The highest BCUT2D eigenvalue weighted by Gasteiger charge is 2.30. The van der Waals surface area contributed by atoms with Crippen LogP contribution in [-0.4, -0.2) is 5.54 Å². The minimum atomic E-state index is -0.225. The van der Waals surface area contributed by atoms with Crippen LogP contribution >= 0.6 is 11.3 Å². The van der Waals surface area contributed by atoms with Gasteiger partial charge in [-0.25, -0.2) is 0 Å². The van der Waals surface area contributed by atoms with Crippen molar-refractivity contribution in [3.8, 4) is 12.3 Å². The van der Waals surface area contributed by atoms with Gasteiger partial charge in [-0.05, 0) is 44.1 Å². The molecular formula is C15H21NS. The zero-order chi connectivity index (χ0) is 12.3. The average molecular weight is 247 g/mol. The molecule has 1 aliphatic carbocycles. The molecule has 2 rings (SSSR count). The lowest BCUT2D eigenvalue weighted by Gasteiger charge is -2.31. The fourth-order valence-corrected chi connectivity index (χ4v) is 3.48. The maximum atomic E-state index is 5.60. The Balaban J connectivity index is 2.16. The van der Waals surface area contributed by atoms with Crippen LogP contribution in [0.4, 0.5) is 0 Å². The van der Waals surface area contributed by atoms with Crippen LogP contribution in [0.2, 0.25) is 0 Å². The van der Waals surface area contributed by atoms with E-state index in [2.05, 4.69) is 42.6 Å². The first-order chi connectivity index (χ1) is 8.12. The highest BCUT2D eigenvalue weighted by Crippen LogP contribution is 2.38. The van der Waals surface area contributed by atoms with E-state index in [1.54, 1.807) is 0 Å². The Hall–Kier alpha value is -0.780. The minimum Gasteiger partial charge on any atom is -0.294 e. The maximum Gasteiger partial charge on any atom is 0.0746 e. The number of rotatable bonds is 4. The van der Waals surface area contributed by atoms with Gasteiger partial charge in [-0.1, -0.05) is 24.8 Å². The third-order valence-electron chi connectivity index (χ3n) is 3.60. The summed E-state index contributed by atoms with van der Waals surface area (Å²) in [6.07, 6.45) is 11.0. The van der Waals surface area contributed by atoms with Crippen LogP contribution in [0.3, 0.4) is 0 Å². The Morgan fingerprint density at radius 2 is 2.18 bits per heavy atom. The van der Waals surface area contributed by atoms with E-state index in [0.29, 0.717) is 6.04 Å². The second kappa shape index (κ2) is 5.25. The minimum absolute atomic E-state index is 0.225. The lowest BCUT2D eigenvalue weighted by molar-refractivity contribution is 0.316. The molecule has 92 valence electrons. The Kier molecular flexibility index (Phi) is 3.91. The topological polar surface area (TPSA) is 12.0 Å². The summed E-state index contributed by atoms with van der Waals surface area (Å²) in [5.74, 6) is 3.60. The van der Waals surface area contributed by atoms with Crippen LogP contribution in [0, 0.1) is 18.3 Å². The summed E-state index contributed by atoms with van der Waals surface area (Å²) in [5.41, 5.74) is -0.225. The Morgan fingerprint density at radius 3 is 2.71 bits per heavy atom. The van der Waals surface area contributed by atoms with Gasteiger partial charge < -0.3 is 0 Å². The molecule has 1 fully saturated rings. The van der Waals surface area contributed by atoms with E-state index < -0.39 is 0 Å². The third kappa shape index (κ3) is 3.12. The molecule has 0 aliphatic heterocycles. The van der Waals surface area contributed by atoms with E-state index in [0.717, 1.165) is 5.92 Å². The normalized spacial score (nSPS) is 19.1. The van der Waals surface area contributed by atoms with E-state index in [1.807, 2.05) is 11.3 Å². The molecule has 1 atom stereocenters. The van der Waals surface area contributed by atoms with Gasteiger partial charge in [-0.3, -0.25) is 5.32 Å². The predicted molar refractivity (Wildman–Crippen MR) is 75.1 cm³/mol. The standard InChI is InChI=1S/C15H21NS/c1-4-15(2,3)16-14(12-8-5-6-9-12)13-10-7-11-17-13/h1,7,10-12,14,16H,5-6,8-9H2,2-3H3. The molecule has 1 aromatic heterocycles. The van der Waals surface area contributed by atoms with Gasteiger partial charge in [-0.15, -0.1) is 17.8 Å². The van der Waals surface area contributed by atoms with Crippen molar-refractivity contribution in [2.45, 2.75) is 51.1 Å². The van der Waals surface area contributed by atoms with Gasteiger partial charge in [0.25, 0.3) is 0 Å². The number of terminal acetylenes is 1. The van der Waals surface area contributed by atoms with Crippen molar-refractivity contribution in [2.24, 2.45) is 5.92 Å². The highest BCUT2D eigenvalue weighted by atomic mass is 32.1. The number of nitrogens with one attached hydrogen (secondary N) is 1. The SMILES string of the molecule is C#CC(C)(C)NC(c1cccs1)C1CCCC1. The van der Waals surface area contributed by atoms with Gasteiger partial charge in [-0.2, -0.15) is 0 Å². The van der Waals surface area contributed by atoms with Crippen molar-refractivity contribution in [3.63, 3.8) is 0 Å². The molecule has 1 heterocycles. The molecule has 17 heavy (non-hydrogen) atoms. The van der Waals surface area contributed by atoms with Crippen molar-refractivity contribution in [1.82, 2.24) is 5.32 Å². The van der Waals surface area contributed by atoms with Crippen LogP contribution < -0.4 is 5.32 Å². The van der Waals surface area contributed by atoms with Gasteiger partial charge in [0.05, 0.1) is 5.54 Å². The van der Waals surface area contributed by atoms with Crippen LogP contribution in [0.1, 0.15) is 50.4 Å². The maximum absolute atomic E-state index is 5.60. The molecule has 0 amide bonds. The largest absolute Gasteiger partial charge is 0.294 e. The van der Waals surface area contributed by atoms with Gasteiger partial charge in [0.15, 0.2) is 0 Å². The molecule has 1 nitrogen and oxygen atoms in total. The molecule has 2 heteroatoms. The zero-order valence-electron chi connectivity index (χ0n) is 10.7. The zero-order valence-corrected chi connectivity index (χ0v) is 11.5. The summed E-state index contributed by atoms with van der Waals surface area (Å²) in [6, 6.07) is 4.79. The first kappa shape index (κ1) is 12.7. The number of hydrogen-bond donors (Lipinski definition) is 1. The van der Waals surface area contributed by atoms with Crippen molar-refractivity contribution in [3.05, 3.63) is 22.4 Å². The van der Waals surface area contributed by atoms with Crippen LogP contribution in [-0.2, 0) is 0 Å². The summed E-state index contributed by atoms with van der Waals surface area (Å²) in [4.78, 5) is 1.43. The van der Waals surface area contributed by atoms with Crippen molar-refractivity contribution in [1.29, 1.82) is 0 Å². The number of hydrogen-bond acceptors (Lipinski definition) is 2. The second-order valence-corrected chi connectivity index (χ2v) is 6.43. The van der Waals surface area contributed by atoms with Crippen LogP contribution in [0.5, 0.6) is 0 Å². The van der Waals surface area contributed by atoms with Crippen LogP contribution in [0.25, 0.3) is 0 Å². The van der Waals surface area contributed by atoms with Gasteiger partial charge in [0, 0.05) is 10.9 Å². The lowest BCUT2D eigenvalue weighted by Crippen LogP contribution is -2.42. The Morgan fingerprint density at radius 1 is 1.47 bits per heavy atom. The van der Waals surface area contributed by atoms with E-state index in [4.69, 9.17) is 6.42 Å². The van der Waals surface area contributed by atoms with E-state index in [1.165, 1.54) is 30.6 Å². The predicted octanol–water partition coefficient (Wildman–Crippen LogP) is 3.98. The molecule has 0 radical (unpaired) electrons. The molecule has 0 saturated heterocycles. The molecular weight excluding hydrogens is 226 g/mol. The molecule has 1 aromatic rings. The monoisotopic (exact) mass is 247 g/mol. The first-order valence-corrected chi connectivity index (χ1v) is 7.29. The molecule has 1 N–H and O–H groups in total. The van der Waals surface area contributed by atoms with E-state index in [9.17, 15) is 0 Å². The average Bonchev–Trinajstić information content (AvgIpc) is 2.99.